The van der Waals surface area contributed by atoms with Crippen molar-refractivity contribution in [3.63, 3.8) is 0 Å². The normalized spacial score (nSPS) is 26.0. The Morgan fingerprint density at radius 3 is 2.72 bits per heavy atom. The molecule has 1 fully saturated rings. The van der Waals surface area contributed by atoms with E-state index in [0.29, 0.717) is 6.04 Å². The first-order chi connectivity index (χ1) is 8.58. The highest BCUT2D eigenvalue weighted by Crippen LogP contribution is 2.29. The van der Waals surface area contributed by atoms with E-state index in [-0.39, 0.29) is 11.9 Å². The van der Waals surface area contributed by atoms with Crippen LogP contribution in [0.15, 0.2) is 22.7 Å². The average molecular weight is 314 g/mol. The first-order valence-corrected chi connectivity index (χ1v) is 7.58. The van der Waals surface area contributed by atoms with Gasteiger partial charge in [-0.3, -0.25) is 0 Å². The number of nitrogens with one attached hydrogen (secondary N) is 1. The average Bonchev–Trinajstić information content (AvgIpc) is 2.32. The van der Waals surface area contributed by atoms with Crippen molar-refractivity contribution < 1.29 is 4.39 Å². The fourth-order valence-corrected chi connectivity index (χ4v) is 3.52. The molecule has 3 atom stereocenters. The molecular formula is C15H21BrFN. The van der Waals surface area contributed by atoms with Gasteiger partial charge in [-0.15, -0.1) is 0 Å². The Kier molecular flexibility index (Phi) is 4.79. The molecular weight excluding hydrogens is 293 g/mol. The zero-order valence-electron chi connectivity index (χ0n) is 11.0. The SMILES string of the molecule is CC(NC1CCCCC1C)c1ccc(F)cc1Br. The maximum atomic E-state index is 13.1. The van der Waals surface area contributed by atoms with Crippen molar-refractivity contribution in [2.24, 2.45) is 5.92 Å². The van der Waals surface area contributed by atoms with Crippen LogP contribution in [0.3, 0.4) is 0 Å². The number of halogens is 2. The second-order valence-electron chi connectivity index (χ2n) is 5.42. The van der Waals surface area contributed by atoms with E-state index in [1.165, 1.54) is 37.8 Å². The van der Waals surface area contributed by atoms with Crippen molar-refractivity contribution in [1.82, 2.24) is 5.32 Å². The Labute approximate surface area is 117 Å². The van der Waals surface area contributed by atoms with Gasteiger partial charge in [-0.1, -0.05) is 41.8 Å². The first-order valence-electron chi connectivity index (χ1n) is 6.79. The Bertz CT molecular complexity index is 407. The summed E-state index contributed by atoms with van der Waals surface area (Å²) in [4.78, 5) is 0. The molecule has 3 heteroatoms. The minimum absolute atomic E-state index is 0.191. The summed E-state index contributed by atoms with van der Waals surface area (Å²) in [5.41, 5.74) is 1.13. The van der Waals surface area contributed by atoms with Crippen LogP contribution >= 0.6 is 15.9 Å². The third kappa shape index (κ3) is 3.33. The molecule has 0 bridgehead atoms. The van der Waals surface area contributed by atoms with Crippen molar-refractivity contribution in [2.75, 3.05) is 0 Å². The lowest BCUT2D eigenvalue weighted by Gasteiger charge is -2.32. The first kappa shape index (κ1) is 14.0. The van der Waals surface area contributed by atoms with E-state index < -0.39 is 0 Å². The number of hydrogen-bond donors (Lipinski definition) is 1. The van der Waals surface area contributed by atoms with Crippen molar-refractivity contribution in [1.29, 1.82) is 0 Å². The Hall–Kier alpha value is -0.410. The zero-order chi connectivity index (χ0) is 13.1. The molecule has 1 N–H and O–H groups in total. The maximum absolute atomic E-state index is 13.1. The molecule has 0 radical (unpaired) electrons. The van der Waals surface area contributed by atoms with Crippen LogP contribution in [0, 0.1) is 11.7 Å². The quantitative estimate of drug-likeness (QED) is 0.843. The van der Waals surface area contributed by atoms with Gasteiger partial charge in [-0.25, -0.2) is 4.39 Å². The van der Waals surface area contributed by atoms with E-state index >= 15 is 0 Å². The van der Waals surface area contributed by atoms with Gasteiger partial charge in [0.2, 0.25) is 0 Å². The zero-order valence-corrected chi connectivity index (χ0v) is 12.6. The van der Waals surface area contributed by atoms with Crippen molar-refractivity contribution in [3.8, 4) is 0 Å². The van der Waals surface area contributed by atoms with Crippen molar-refractivity contribution in [3.05, 3.63) is 34.1 Å². The maximum Gasteiger partial charge on any atom is 0.124 e. The highest BCUT2D eigenvalue weighted by molar-refractivity contribution is 9.10. The monoisotopic (exact) mass is 313 g/mol. The van der Waals surface area contributed by atoms with E-state index in [1.807, 2.05) is 6.07 Å². The molecule has 2 rings (SSSR count). The Morgan fingerprint density at radius 1 is 1.33 bits per heavy atom. The Balaban J connectivity index is 2.04. The van der Waals surface area contributed by atoms with Gasteiger partial charge in [-0.05, 0) is 43.4 Å². The molecule has 1 saturated carbocycles. The molecule has 0 heterocycles. The van der Waals surface area contributed by atoms with E-state index in [9.17, 15) is 4.39 Å². The van der Waals surface area contributed by atoms with Gasteiger partial charge in [0.1, 0.15) is 5.82 Å². The fraction of sp³-hybridized carbons (Fsp3) is 0.600. The molecule has 0 aromatic heterocycles. The topological polar surface area (TPSA) is 12.0 Å². The predicted octanol–water partition coefficient (Wildman–Crippen LogP) is 4.82. The summed E-state index contributed by atoms with van der Waals surface area (Å²) in [5.74, 6) is 0.546. The lowest BCUT2D eigenvalue weighted by Crippen LogP contribution is -2.38. The van der Waals surface area contributed by atoms with Gasteiger partial charge in [-0.2, -0.15) is 0 Å². The van der Waals surface area contributed by atoms with Crippen LogP contribution in [0.5, 0.6) is 0 Å². The summed E-state index contributed by atoms with van der Waals surface area (Å²) in [6.07, 6.45) is 5.24. The standard InChI is InChI=1S/C15H21BrFN/c1-10-5-3-4-6-15(10)18-11(2)13-8-7-12(17)9-14(13)16/h7-11,15,18H,3-6H2,1-2H3. The van der Waals surface area contributed by atoms with E-state index in [2.05, 4.69) is 35.1 Å². The summed E-state index contributed by atoms with van der Waals surface area (Å²) >= 11 is 3.45. The smallest absolute Gasteiger partial charge is 0.124 e. The summed E-state index contributed by atoms with van der Waals surface area (Å²) in [6, 6.07) is 5.78. The molecule has 0 aliphatic heterocycles. The summed E-state index contributed by atoms with van der Waals surface area (Å²) in [6.45, 7) is 4.47. The van der Waals surface area contributed by atoms with Crippen molar-refractivity contribution >= 4 is 15.9 Å². The molecule has 100 valence electrons. The molecule has 1 aliphatic rings. The van der Waals surface area contributed by atoms with Crippen LogP contribution < -0.4 is 5.32 Å². The predicted molar refractivity (Wildman–Crippen MR) is 77.1 cm³/mol. The molecule has 0 amide bonds. The third-order valence-corrected chi connectivity index (χ3v) is 4.69. The van der Waals surface area contributed by atoms with Crippen molar-refractivity contribution in [2.45, 2.75) is 51.6 Å². The van der Waals surface area contributed by atoms with E-state index in [1.54, 1.807) is 0 Å². The van der Waals surface area contributed by atoms with Crippen LogP contribution in [0.25, 0.3) is 0 Å². The third-order valence-electron chi connectivity index (χ3n) is 4.00. The molecule has 1 nitrogen and oxygen atoms in total. The van der Waals surface area contributed by atoms with Gasteiger partial charge in [0.05, 0.1) is 0 Å². The highest BCUT2D eigenvalue weighted by atomic mass is 79.9. The largest absolute Gasteiger partial charge is 0.307 e. The summed E-state index contributed by atoms with van der Waals surface area (Å²) < 4.78 is 13.9. The highest BCUT2D eigenvalue weighted by Gasteiger charge is 2.23. The van der Waals surface area contributed by atoms with E-state index in [4.69, 9.17) is 0 Å². The van der Waals surface area contributed by atoms with Gasteiger partial charge in [0.25, 0.3) is 0 Å². The molecule has 1 aromatic rings. The summed E-state index contributed by atoms with van der Waals surface area (Å²) in [5, 5.41) is 3.69. The second kappa shape index (κ2) is 6.16. The lowest BCUT2D eigenvalue weighted by atomic mass is 9.85. The van der Waals surface area contributed by atoms with Gasteiger partial charge >= 0.3 is 0 Å². The van der Waals surface area contributed by atoms with Crippen LogP contribution in [0.4, 0.5) is 4.39 Å². The van der Waals surface area contributed by atoms with Crippen LogP contribution in [-0.2, 0) is 0 Å². The molecule has 1 aromatic carbocycles. The summed E-state index contributed by atoms with van der Waals surface area (Å²) in [7, 11) is 0. The number of hydrogen-bond acceptors (Lipinski definition) is 1. The second-order valence-corrected chi connectivity index (χ2v) is 6.28. The lowest BCUT2D eigenvalue weighted by molar-refractivity contribution is 0.263. The minimum atomic E-state index is -0.191. The minimum Gasteiger partial charge on any atom is -0.307 e. The number of rotatable bonds is 3. The molecule has 18 heavy (non-hydrogen) atoms. The molecule has 0 spiro atoms. The van der Waals surface area contributed by atoms with Gasteiger partial charge in [0, 0.05) is 16.6 Å². The van der Waals surface area contributed by atoms with Crippen LogP contribution in [0.1, 0.15) is 51.1 Å². The van der Waals surface area contributed by atoms with Crippen LogP contribution in [-0.4, -0.2) is 6.04 Å². The van der Waals surface area contributed by atoms with Gasteiger partial charge in [0.15, 0.2) is 0 Å². The van der Waals surface area contributed by atoms with Crippen LogP contribution in [0.2, 0.25) is 0 Å². The Morgan fingerprint density at radius 2 is 2.06 bits per heavy atom. The fourth-order valence-electron chi connectivity index (χ4n) is 2.83. The molecule has 0 saturated heterocycles. The molecule has 1 aliphatic carbocycles. The van der Waals surface area contributed by atoms with E-state index in [0.717, 1.165) is 16.0 Å². The van der Waals surface area contributed by atoms with Gasteiger partial charge < -0.3 is 5.32 Å². The number of benzene rings is 1. The molecule has 3 unspecified atom stereocenters.